The van der Waals surface area contributed by atoms with Crippen molar-refractivity contribution in [3.05, 3.63) is 77.6 Å². The summed E-state index contributed by atoms with van der Waals surface area (Å²) in [7, 11) is -3.78. The Bertz CT molecular complexity index is 1270. The van der Waals surface area contributed by atoms with E-state index in [-0.39, 0.29) is 10.5 Å². The van der Waals surface area contributed by atoms with Crippen molar-refractivity contribution in [1.29, 1.82) is 0 Å². The molecule has 0 radical (unpaired) electrons. The number of carbonyl (C=O) groups excluding carboxylic acids is 2. The lowest BCUT2D eigenvalue weighted by Crippen LogP contribution is -2.35. The molecule has 8 nitrogen and oxygen atoms in total. The van der Waals surface area contributed by atoms with Gasteiger partial charge < -0.3 is 4.42 Å². The molecule has 152 valence electrons. The Labute approximate surface area is 172 Å². The van der Waals surface area contributed by atoms with Crippen LogP contribution in [0.15, 0.2) is 75.5 Å². The van der Waals surface area contributed by atoms with Gasteiger partial charge in [0, 0.05) is 5.56 Å². The van der Waals surface area contributed by atoms with Crippen molar-refractivity contribution < 1.29 is 22.4 Å². The topological polar surface area (TPSA) is 123 Å². The van der Waals surface area contributed by atoms with E-state index in [1.54, 1.807) is 36.4 Å². The minimum absolute atomic E-state index is 0.00966. The van der Waals surface area contributed by atoms with Gasteiger partial charge in [-0.3, -0.25) is 15.0 Å². The zero-order valence-corrected chi connectivity index (χ0v) is 16.6. The number of rotatable bonds is 4. The van der Waals surface area contributed by atoms with Gasteiger partial charge in [-0.1, -0.05) is 17.7 Å². The van der Waals surface area contributed by atoms with Crippen molar-refractivity contribution >= 4 is 33.6 Å². The zero-order chi connectivity index (χ0) is 21.5. The quantitative estimate of drug-likeness (QED) is 0.493. The molecule has 1 aliphatic rings. The van der Waals surface area contributed by atoms with Gasteiger partial charge in [-0.2, -0.15) is 0 Å². The Morgan fingerprint density at radius 2 is 1.63 bits per heavy atom. The molecule has 2 heterocycles. The standard InChI is InChI=1S/C21H17N3O5S/c1-13-2-6-15(7-3-13)24-21(26)18(20(25)23-24)12-16-8-11-19(29-16)14-4-9-17(10-5-14)30(22,27)28/h2-12H,1H3,(H,23,25)(H2,22,27,28)/b18-12-. The van der Waals surface area contributed by atoms with Crippen molar-refractivity contribution in [3.8, 4) is 11.3 Å². The molecule has 0 spiro atoms. The van der Waals surface area contributed by atoms with E-state index >= 15 is 0 Å². The lowest BCUT2D eigenvalue weighted by molar-refractivity contribution is -0.117. The molecule has 1 saturated heterocycles. The molecule has 3 aromatic rings. The molecule has 1 aliphatic heterocycles. The van der Waals surface area contributed by atoms with Crippen LogP contribution in [0.2, 0.25) is 0 Å². The molecule has 1 aromatic heterocycles. The number of benzene rings is 2. The number of hydrazine groups is 1. The van der Waals surface area contributed by atoms with Crippen LogP contribution in [0.4, 0.5) is 5.69 Å². The number of hydrogen-bond acceptors (Lipinski definition) is 5. The lowest BCUT2D eigenvalue weighted by atomic mass is 10.2. The zero-order valence-electron chi connectivity index (χ0n) is 15.8. The van der Waals surface area contributed by atoms with Crippen molar-refractivity contribution in [2.75, 3.05) is 5.01 Å². The van der Waals surface area contributed by atoms with Crippen molar-refractivity contribution in [2.45, 2.75) is 11.8 Å². The number of anilines is 1. The number of furan rings is 1. The fourth-order valence-corrected chi connectivity index (χ4v) is 3.49. The minimum atomic E-state index is -3.78. The summed E-state index contributed by atoms with van der Waals surface area (Å²) in [5, 5.41) is 6.28. The van der Waals surface area contributed by atoms with Crippen LogP contribution < -0.4 is 15.6 Å². The number of amides is 2. The number of nitrogens with zero attached hydrogens (tertiary/aromatic N) is 1. The number of hydrogen-bond donors (Lipinski definition) is 2. The van der Waals surface area contributed by atoms with Crippen molar-refractivity contribution in [3.63, 3.8) is 0 Å². The van der Waals surface area contributed by atoms with Crippen LogP contribution in [-0.4, -0.2) is 20.2 Å². The second kappa shape index (κ2) is 7.29. The van der Waals surface area contributed by atoms with E-state index in [4.69, 9.17) is 9.56 Å². The van der Waals surface area contributed by atoms with Crippen LogP contribution in [0, 0.1) is 6.92 Å². The van der Waals surface area contributed by atoms with Gasteiger partial charge in [0.25, 0.3) is 11.8 Å². The van der Waals surface area contributed by atoms with Crippen molar-refractivity contribution in [1.82, 2.24) is 5.43 Å². The summed E-state index contributed by atoms with van der Waals surface area (Å²) in [5.74, 6) is -0.260. The molecule has 2 aromatic carbocycles. The van der Waals surface area contributed by atoms with Gasteiger partial charge in [0.15, 0.2) is 0 Å². The second-order valence-corrected chi connectivity index (χ2v) is 8.31. The van der Waals surface area contributed by atoms with Gasteiger partial charge in [-0.05, 0) is 61.5 Å². The number of nitrogens with two attached hydrogens (primary N) is 1. The third kappa shape index (κ3) is 3.76. The summed E-state index contributed by atoms with van der Waals surface area (Å²) in [6.45, 7) is 1.93. The van der Waals surface area contributed by atoms with Gasteiger partial charge in [-0.15, -0.1) is 0 Å². The van der Waals surface area contributed by atoms with Crippen LogP contribution in [-0.2, 0) is 19.6 Å². The predicted octanol–water partition coefficient (Wildman–Crippen LogP) is 2.36. The normalized spacial score (nSPS) is 15.7. The van der Waals surface area contributed by atoms with Gasteiger partial charge in [0.2, 0.25) is 10.0 Å². The lowest BCUT2D eigenvalue weighted by Gasteiger charge is -2.14. The van der Waals surface area contributed by atoms with Crippen LogP contribution in [0.3, 0.4) is 0 Å². The molecular weight excluding hydrogens is 406 g/mol. The molecule has 0 unspecified atom stereocenters. The highest BCUT2D eigenvalue weighted by Crippen LogP contribution is 2.26. The highest BCUT2D eigenvalue weighted by atomic mass is 32.2. The molecular formula is C21H17N3O5S. The molecule has 1 fully saturated rings. The van der Waals surface area contributed by atoms with E-state index < -0.39 is 21.8 Å². The first kappa shape index (κ1) is 19.6. The Hall–Kier alpha value is -3.69. The van der Waals surface area contributed by atoms with E-state index in [9.17, 15) is 18.0 Å². The Balaban J connectivity index is 1.58. The molecule has 2 amide bonds. The van der Waals surface area contributed by atoms with E-state index in [0.717, 1.165) is 5.56 Å². The molecule has 3 N–H and O–H groups in total. The fourth-order valence-electron chi connectivity index (χ4n) is 2.97. The van der Waals surface area contributed by atoms with E-state index in [1.807, 2.05) is 19.1 Å². The summed E-state index contributed by atoms with van der Waals surface area (Å²) in [6.07, 6.45) is 1.37. The maximum absolute atomic E-state index is 12.7. The highest BCUT2D eigenvalue weighted by Gasteiger charge is 2.34. The number of carbonyl (C=O) groups is 2. The molecule has 30 heavy (non-hydrogen) atoms. The Morgan fingerprint density at radius 1 is 0.967 bits per heavy atom. The maximum Gasteiger partial charge on any atom is 0.282 e. The first-order chi connectivity index (χ1) is 14.2. The second-order valence-electron chi connectivity index (χ2n) is 6.75. The average Bonchev–Trinajstić information content (AvgIpc) is 3.28. The summed E-state index contributed by atoms with van der Waals surface area (Å²) in [6, 6.07) is 16.3. The molecule has 0 atom stereocenters. The predicted molar refractivity (Wildman–Crippen MR) is 110 cm³/mol. The number of sulfonamides is 1. The first-order valence-corrected chi connectivity index (χ1v) is 10.4. The number of aryl methyl sites for hydroxylation is 1. The molecule has 0 aliphatic carbocycles. The van der Waals surface area contributed by atoms with Gasteiger partial charge in [-0.25, -0.2) is 18.6 Å². The molecule has 9 heteroatoms. The first-order valence-electron chi connectivity index (χ1n) is 8.89. The SMILES string of the molecule is Cc1ccc(N2NC(=O)/C(=C/c3ccc(-c4ccc(S(N)(=O)=O)cc4)o3)C2=O)cc1. The maximum atomic E-state index is 12.7. The minimum Gasteiger partial charge on any atom is -0.457 e. The number of primary sulfonamides is 1. The Kier molecular flexibility index (Phi) is 4.76. The summed E-state index contributed by atoms with van der Waals surface area (Å²) >= 11 is 0. The largest absolute Gasteiger partial charge is 0.457 e. The van der Waals surface area contributed by atoms with Gasteiger partial charge in [0.1, 0.15) is 17.1 Å². The highest BCUT2D eigenvalue weighted by molar-refractivity contribution is 7.89. The molecule has 4 rings (SSSR count). The number of nitrogens with one attached hydrogen (secondary N) is 1. The summed E-state index contributed by atoms with van der Waals surface area (Å²) < 4.78 is 28.4. The summed E-state index contributed by atoms with van der Waals surface area (Å²) in [5.41, 5.74) is 4.69. The van der Waals surface area contributed by atoms with E-state index in [2.05, 4.69) is 5.43 Å². The summed E-state index contributed by atoms with van der Waals surface area (Å²) in [4.78, 5) is 25.0. The van der Waals surface area contributed by atoms with Gasteiger partial charge in [0.05, 0.1) is 10.6 Å². The van der Waals surface area contributed by atoms with Crippen LogP contribution in [0.5, 0.6) is 0 Å². The Morgan fingerprint density at radius 3 is 2.27 bits per heavy atom. The van der Waals surface area contributed by atoms with E-state index in [1.165, 1.54) is 23.2 Å². The smallest absolute Gasteiger partial charge is 0.282 e. The van der Waals surface area contributed by atoms with E-state index in [0.29, 0.717) is 22.8 Å². The van der Waals surface area contributed by atoms with Crippen molar-refractivity contribution in [2.24, 2.45) is 5.14 Å². The van der Waals surface area contributed by atoms with Gasteiger partial charge >= 0.3 is 0 Å². The fraction of sp³-hybridized carbons (Fsp3) is 0.0476. The molecule has 0 bridgehead atoms. The third-order valence-electron chi connectivity index (χ3n) is 4.56. The monoisotopic (exact) mass is 423 g/mol. The van der Waals surface area contributed by atoms with Crippen LogP contribution in [0.25, 0.3) is 17.4 Å². The average molecular weight is 423 g/mol. The third-order valence-corrected chi connectivity index (χ3v) is 5.49. The van der Waals surface area contributed by atoms with Crippen LogP contribution >= 0.6 is 0 Å². The molecule has 0 saturated carbocycles. The van der Waals surface area contributed by atoms with Crippen LogP contribution in [0.1, 0.15) is 11.3 Å².